The lowest BCUT2D eigenvalue weighted by atomic mass is 9.96. The Morgan fingerprint density at radius 2 is 1.81 bits per heavy atom. The first-order chi connectivity index (χ1) is 17.4. The molecule has 1 aliphatic rings. The first-order valence-corrected chi connectivity index (χ1v) is 12.0. The fourth-order valence-corrected chi connectivity index (χ4v) is 5.30. The first kappa shape index (κ1) is 23.6. The zero-order valence-electron chi connectivity index (χ0n) is 20.2. The van der Waals surface area contributed by atoms with Gasteiger partial charge in [-0.3, -0.25) is 4.98 Å². The molecule has 2 N–H and O–H groups in total. The average Bonchev–Trinajstić information content (AvgIpc) is 3.39. The van der Waals surface area contributed by atoms with Gasteiger partial charge in [0.25, 0.3) is 0 Å². The standard InChI is InChI=1S/C28H26N4O3S/c1-17-15-23(18(2)31(17)21-8-6-7-19(16-21)27(33)34)26-25(24-9-4-5-14-29-24)30-28(36)32(26)20-10-12-22(35-3)13-11-20/h4-16,25-26H,1-3H3,(H,30,36)(H,33,34)/t25-,26-/m0/s1. The molecule has 0 bridgehead atoms. The quantitative estimate of drug-likeness (QED) is 0.346. The van der Waals surface area contributed by atoms with E-state index in [0.717, 1.165) is 39.8 Å². The fraction of sp³-hybridized carbons (Fsp3) is 0.179. The number of nitrogens with one attached hydrogen (secondary N) is 1. The van der Waals surface area contributed by atoms with Gasteiger partial charge >= 0.3 is 5.97 Å². The molecule has 0 aliphatic carbocycles. The third-order valence-electron chi connectivity index (χ3n) is 6.59. The molecule has 2 aromatic heterocycles. The van der Waals surface area contributed by atoms with Crippen molar-refractivity contribution in [3.8, 4) is 11.4 Å². The molecule has 3 heterocycles. The Kier molecular flexibility index (Phi) is 6.20. The van der Waals surface area contributed by atoms with Gasteiger partial charge < -0.3 is 24.6 Å². The Morgan fingerprint density at radius 1 is 1.03 bits per heavy atom. The van der Waals surface area contributed by atoms with Crippen LogP contribution in [0.25, 0.3) is 5.69 Å². The minimum atomic E-state index is -0.953. The number of aryl methyl sites for hydroxylation is 1. The number of aromatic nitrogens is 2. The van der Waals surface area contributed by atoms with E-state index in [1.54, 1.807) is 31.5 Å². The lowest BCUT2D eigenvalue weighted by Crippen LogP contribution is -2.29. The Labute approximate surface area is 215 Å². The summed E-state index contributed by atoms with van der Waals surface area (Å²) < 4.78 is 7.44. The SMILES string of the molecule is COc1ccc(N2C(=S)N[C@@H](c3ccccn3)[C@@H]2c2cc(C)n(-c3cccc(C(=O)O)c3)c2C)cc1. The number of carbonyl (C=O) groups is 1. The number of hydrogen-bond acceptors (Lipinski definition) is 4. The molecule has 0 unspecified atom stereocenters. The van der Waals surface area contributed by atoms with Crippen LogP contribution in [0, 0.1) is 13.8 Å². The molecule has 36 heavy (non-hydrogen) atoms. The molecule has 0 spiro atoms. The van der Waals surface area contributed by atoms with Crippen LogP contribution in [0.15, 0.2) is 79.0 Å². The molecular weight excluding hydrogens is 472 g/mol. The molecule has 0 amide bonds. The molecule has 5 rings (SSSR count). The Morgan fingerprint density at radius 3 is 2.47 bits per heavy atom. The van der Waals surface area contributed by atoms with Crippen molar-refractivity contribution in [2.75, 3.05) is 12.0 Å². The summed E-state index contributed by atoms with van der Waals surface area (Å²) in [6.07, 6.45) is 1.79. The predicted octanol–water partition coefficient (Wildman–Crippen LogP) is 5.37. The van der Waals surface area contributed by atoms with Crippen molar-refractivity contribution < 1.29 is 14.6 Å². The summed E-state index contributed by atoms with van der Waals surface area (Å²) in [5, 5.41) is 13.6. The molecule has 1 saturated heterocycles. The zero-order valence-corrected chi connectivity index (χ0v) is 21.0. The highest BCUT2D eigenvalue weighted by Crippen LogP contribution is 2.44. The van der Waals surface area contributed by atoms with Gasteiger partial charge in [0.05, 0.1) is 30.5 Å². The summed E-state index contributed by atoms with van der Waals surface area (Å²) in [6, 6.07) is 22.5. The van der Waals surface area contributed by atoms with E-state index in [1.165, 1.54) is 0 Å². The van der Waals surface area contributed by atoms with Crippen LogP contribution < -0.4 is 15.0 Å². The normalized spacial score (nSPS) is 17.2. The number of hydrogen-bond donors (Lipinski definition) is 2. The maximum absolute atomic E-state index is 11.6. The molecule has 8 heteroatoms. The largest absolute Gasteiger partial charge is 0.497 e. The van der Waals surface area contributed by atoms with Crippen molar-refractivity contribution in [2.45, 2.75) is 25.9 Å². The van der Waals surface area contributed by atoms with Gasteiger partial charge in [-0.2, -0.15) is 0 Å². The van der Waals surface area contributed by atoms with Crippen LogP contribution in [-0.4, -0.2) is 32.8 Å². The maximum atomic E-state index is 11.6. The highest BCUT2D eigenvalue weighted by molar-refractivity contribution is 7.80. The van der Waals surface area contributed by atoms with Crippen molar-refractivity contribution in [2.24, 2.45) is 0 Å². The number of anilines is 1. The molecule has 7 nitrogen and oxygen atoms in total. The van der Waals surface area contributed by atoms with Gasteiger partial charge in [0, 0.05) is 29.0 Å². The molecule has 2 aromatic carbocycles. The van der Waals surface area contributed by atoms with E-state index >= 15 is 0 Å². The fourth-order valence-electron chi connectivity index (χ4n) is 4.95. The van der Waals surface area contributed by atoms with E-state index < -0.39 is 5.97 Å². The van der Waals surface area contributed by atoms with Gasteiger partial charge in [-0.1, -0.05) is 12.1 Å². The van der Waals surface area contributed by atoms with Crippen molar-refractivity contribution in [1.29, 1.82) is 0 Å². The number of pyridine rings is 1. The van der Waals surface area contributed by atoms with E-state index in [2.05, 4.69) is 32.8 Å². The smallest absolute Gasteiger partial charge is 0.335 e. The molecule has 0 radical (unpaired) electrons. The van der Waals surface area contributed by atoms with Crippen LogP contribution in [0.4, 0.5) is 5.69 Å². The number of aromatic carboxylic acids is 1. The second-order valence-electron chi connectivity index (χ2n) is 8.71. The maximum Gasteiger partial charge on any atom is 0.335 e. The van der Waals surface area contributed by atoms with Crippen molar-refractivity contribution in [1.82, 2.24) is 14.9 Å². The van der Waals surface area contributed by atoms with Crippen LogP contribution >= 0.6 is 12.2 Å². The second-order valence-corrected chi connectivity index (χ2v) is 9.10. The van der Waals surface area contributed by atoms with Gasteiger partial charge in [0.2, 0.25) is 0 Å². The summed E-state index contributed by atoms with van der Waals surface area (Å²) in [4.78, 5) is 18.3. The molecule has 2 atom stereocenters. The van der Waals surface area contributed by atoms with Gasteiger partial charge in [0.1, 0.15) is 5.75 Å². The number of ether oxygens (including phenoxy) is 1. The van der Waals surface area contributed by atoms with Crippen LogP contribution in [-0.2, 0) is 0 Å². The van der Waals surface area contributed by atoms with Gasteiger partial charge in [-0.15, -0.1) is 0 Å². The molecule has 0 saturated carbocycles. The number of methoxy groups -OCH3 is 1. The average molecular weight is 499 g/mol. The van der Waals surface area contributed by atoms with Gasteiger partial charge in [0.15, 0.2) is 5.11 Å². The monoisotopic (exact) mass is 498 g/mol. The van der Waals surface area contributed by atoms with Gasteiger partial charge in [-0.25, -0.2) is 4.79 Å². The van der Waals surface area contributed by atoms with Crippen LogP contribution in [0.2, 0.25) is 0 Å². The predicted molar refractivity (Wildman–Crippen MR) is 143 cm³/mol. The van der Waals surface area contributed by atoms with E-state index in [1.807, 2.05) is 55.5 Å². The molecular formula is C28H26N4O3S. The van der Waals surface area contributed by atoms with Crippen LogP contribution in [0.5, 0.6) is 5.75 Å². The Bertz CT molecular complexity index is 1430. The van der Waals surface area contributed by atoms with Crippen molar-refractivity contribution in [3.05, 3.63) is 107 Å². The number of benzene rings is 2. The molecule has 1 fully saturated rings. The van der Waals surface area contributed by atoms with Crippen LogP contribution in [0.3, 0.4) is 0 Å². The zero-order chi connectivity index (χ0) is 25.4. The summed E-state index contributed by atoms with van der Waals surface area (Å²) in [5.41, 5.74) is 5.95. The first-order valence-electron chi connectivity index (χ1n) is 11.6. The lowest BCUT2D eigenvalue weighted by Gasteiger charge is -2.28. The van der Waals surface area contributed by atoms with Gasteiger partial charge in [-0.05, 0) is 92.3 Å². The Hall–Kier alpha value is -4.17. The van der Waals surface area contributed by atoms with E-state index in [-0.39, 0.29) is 17.6 Å². The van der Waals surface area contributed by atoms with E-state index in [9.17, 15) is 9.90 Å². The lowest BCUT2D eigenvalue weighted by molar-refractivity contribution is 0.0697. The summed E-state index contributed by atoms with van der Waals surface area (Å²) >= 11 is 5.84. The van der Waals surface area contributed by atoms with Crippen LogP contribution in [0.1, 0.15) is 45.1 Å². The highest BCUT2D eigenvalue weighted by atomic mass is 32.1. The number of carboxylic acids is 1. The molecule has 1 aliphatic heterocycles. The summed E-state index contributed by atoms with van der Waals surface area (Å²) in [7, 11) is 1.64. The topological polar surface area (TPSA) is 79.6 Å². The third-order valence-corrected chi connectivity index (χ3v) is 6.90. The number of nitrogens with zero attached hydrogens (tertiary/aromatic N) is 3. The number of carboxylic acid groups (broad SMARTS) is 1. The summed E-state index contributed by atoms with van der Waals surface area (Å²) in [6.45, 7) is 4.08. The third kappa shape index (κ3) is 4.09. The van der Waals surface area contributed by atoms with E-state index in [4.69, 9.17) is 17.0 Å². The number of rotatable bonds is 6. The minimum Gasteiger partial charge on any atom is -0.497 e. The summed E-state index contributed by atoms with van der Waals surface area (Å²) in [5.74, 6) is -0.183. The second kappa shape index (κ2) is 9.47. The molecule has 182 valence electrons. The highest BCUT2D eigenvalue weighted by Gasteiger charge is 2.42. The molecule has 4 aromatic rings. The van der Waals surface area contributed by atoms with Crippen molar-refractivity contribution in [3.63, 3.8) is 0 Å². The Balaban J connectivity index is 1.66. The van der Waals surface area contributed by atoms with E-state index in [0.29, 0.717) is 5.11 Å². The van der Waals surface area contributed by atoms with Crippen molar-refractivity contribution >= 4 is 29.0 Å². The number of thiocarbonyl (C=S) groups is 1. The minimum absolute atomic E-state index is 0.177.